The molecule has 0 aliphatic rings. The van der Waals surface area contributed by atoms with Crippen molar-refractivity contribution in [2.75, 3.05) is 27.2 Å². The third-order valence-electron chi connectivity index (χ3n) is 4.78. The molecule has 0 fully saturated rings. The van der Waals surface area contributed by atoms with E-state index >= 15 is 0 Å². The number of likely N-dealkylation sites (N-methyl/N-ethyl adjacent to an activating group) is 1. The van der Waals surface area contributed by atoms with Gasteiger partial charge in [0.25, 0.3) is 11.8 Å². The Balaban J connectivity index is 2.00. The van der Waals surface area contributed by atoms with Crippen LogP contribution in [-0.4, -0.2) is 49.9 Å². The first-order valence-corrected chi connectivity index (χ1v) is 10.3. The highest BCUT2D eigenvalue weighted by molar-refractivity contribution is 5.96. The van der Waals surface area contributed by atoms with Crippen LogP contribution in [0.2, 0.25) is 0 Å². The molecular formula is C24H31N3O4. The zero-order chi connectivity index (χ0) is 23.0. The number of nitrogens with zero attached hydrogens (tertiary/aromatic N) is 1. The fourth-order valence-electron chi connectivity index (χ4n) is 3.18. The number of ether oxygens (including phenoxy) is 1. The molecule has 2 rings (SSSR count). The van der Waals surface area contributed by atoms with Gasteiger partial charge in [-0.15, -0.1) is 0 Å². The van der Waals surface area contributed by atoms with Crippen molar-refractivity contribution < 1.29 is 19.1 Å². The number of para-hydroxylation sites is 1. The number of hydrogen-bond acceptors (Lipinski definition) is 4. The molecule has 1 atom stereocenters. The van der Waals surface area contributed by atoms with E-state index in [1.54, 1.807) is 32.3 Å². The van der Waals surface area contributed by atoms with Crippen molar-refractivity contribution in [1.82, 2.24) is 15.5 Å². The van der Waals surface area contributed by atoms with E-state index < -0.39 is 0 Å². The first-order chi connectivity index (χ1) is 14.7. The molecule has 2 N–H and O–H groups in total. The summed E-state index contributed by atoms with van der Waals surface area (Å²) in [4.78, 5) is 38.2. The molecule has 2 aromatic carbocycles. The molecule has 31 heavy (non-hydrogen) atoms. The second kappa shape index (κ2) is 11.2. The number of hydrogen-bond donors (Lipinski definition) is 2. The molecule has 0 aromatic heterocycles. The Hall–Kier alpha value is -3.35. The Labute approximate surface area is 183 Å². The summed E-state index contributed by atoms with van der Waals surface area (Å²) >= 11 is 0. The van der Waals surface area contributed by atoms with E-state index in [-0.39, 0.29) is 36.9 Å². The van der Waals surface area contributed by atoms with E-state index in [0.717, 1.165) is 16.7 Å². The van der Waals surface area contributed by atoms with Crippen LogP contribution in [0, 0.1) is 13.8 Å². The second-order valence-corrected chi connectivity index (χ2v) is 7.70. The molecule has 7 heteroatoms. The van der Waals surface area contributed by atoms with Gasteiger partial charge in [0.1, 0.15) is 5.75 Å². The van der Waals surface area contributed by atoms with Crippen LogP contribution in [0.25, 0.3) is 0 Å². The zero-order valence-electron chi connectivity index (χ0n) is 18.8. The molecular weight excluding hydrogens is 394 g/mol. The lowest BCUT2D eigenvalue weighted by molar-refractivity contribution is -0.130. The van der Waals surface area contributed by atoms with Crippen LogP contribution < -0.4 is 15.4 Å². The average molecular weight is 426 g/mol. The Morgan fingerprint density at radius 1 is 1.03 bits per heavy atom. The van der Waals surface area contributed by atoms with Crippen molar-refractivity contribution in [3.63, 3.8) is 0 Å². The third-order valence-corrected chi connectivity index (χ3v) is 4.78. The summed E-state index contributed by atoms with van der Waals surface area (Å²) in [6.45, 7) is 5.58. The number of carbonyl (C=O) groups excluding carboxylic acids is 3. The van der Waals surface area contributed by atoms with Crippen molar-refractivity contribution in [2.45, 2.75) is 33.2 Å². The summed E-state index contributed by atoms with van der Waals surface area (Å²) in [7, 11) is 3.33. The van der Waals surface area contributed by atoms with Gasteiger partial charge in [-0.2, -0.15) is 0 Å². The Kier molecular flexibility index (Phi) is 8.61. The number of nitrogens with one attached hydrogen (secondary N) is 2. The van der Waals surface area contributed by atoms with Gasteiger partial charge in [-0.25, -0.2) is 0 Å². The maximum Gasteiger partial charge on any atom is 0.259 e. The minimum atomic E-state index is -0.309. The quantitative estimate of drug-likeness (QED) is 0.647. The fourth-order valence-corrected chi connectivity index (χ4v) is 3.18. The number of carbonyl (C=O) groups is 3. The number of rotatable bonds is 9. The number of amides is 3. The molecule has 7 nitrogen and oxygen atoms in total. The monoisotopic (exact) mass is 425 g/mol. The summed E-state index contributed by atoms with van der Waals surface area (Å²) in [5.41, 5.74) is 3.29. The van der Waals surface area contributed by atoms with Gasteiger partial charge in [-0.1, -0.05) is 42.3 Å². The highest BCUT2D eigenvalue weighted by atomic mass is 16.5. The van der Waals surface area contributed by atoms with Crippen molar-refractivity contribution >= 4 is 17.7 Å². The summed E-state index contributed by atoms with van der Waals surface area (Å²) in [6.07, 6.45) is 0.624. The molecule has 0 bridgehead atoms. The van der Waals surface area contributed by atoms with Gasteiger partial charge < -0.3 is 20.3 Å². The minimum Gasteiger partial charge on any atom is -0.483 e. The standard InChI is InChI=1S/C24H31N3O4/c1-6-20(19-9-7-8-10-21(19)31-15-23(29)27(4)5)26-22(28)14-25-24(30)18-12-16(2)11-17(3)13-18/h7-13,20H,6,14-15H2,1-5H3,(H,25,30)(H,26,28). The minimum absolute atomic E-state index is 0.0830. The molecule has 2 aromatic rings. The molecule has 0 saturated carbocycles. The normalized spacial score (nSPS) is 11.4. The van der Waals surface area contributed by atoms with E-state index in [4.69, 9.17) is 4.74 Å². The van der Waals surface area contributed by atoms with Crippen LogP contribution >= 0.6 is 0 Å². The highest BCUT2D eigenvalue weighted by Gasteiger charge is 2.18. The summed E-state index contributed by atoms with van der Waals surface area (Å²) < 4.78 is 5.69. The van der Waals surface area contributed by atoms with Gasteiger partial charge in [-0.05, 0) is 38.5 Å². The van der Waals surface area contributed by atoms with Gasteiger partial charge in [-0.3, -0.25) is 14.4 Å². The van der Waals surface area contributed by atoms with Crippen LogP contribution in [0.4, 0.5) is 0 Å². The van der Waals surface area contributed by atoms with Crippen molar-refractivity contribution in [2.24, 2.45) is 0 Å². The molecule has 1 unspecified atom stereocenters. The zero-order valence-corrected chi connectivity index (χ0v) is 18.8. The lowest BCUT2D eigenvalue weighted by Crippen LogP contribution is -2.38. The second-order valence-electron chi connectivity index (χ2n) is 7.70. The molecule has 3 amide bonds. The predicted molar refractivity (Wildman–Crippen MR) is 120 cm³/mol. The van der Waals surface area contributed by atoms with E-state index in [1.807, 2.05) is 45.0 Å². The van der Waals surface area contributed by atoms with Crippen LogP contribution in [0.1, 0.15) is 46.4 Å². The third kappa shape index (κ3) is 7.13. The molecule has 0 aliphatic carbocycles. The predicted octanol–water partition coefficient (Wildman–Crippen LogP) is 2.77. The lowest BCUT2D eigenvalue weighted by atomic mass is 10.0. The van der Waals surface area contributed by atoms with Gasteiger partial charge in [0.2, 0.25) is 5.91 Å². The van der Waals surface area contributed by atoms with Crippen LogP contribution in [-0.2, 0) is 9.59 Å². The number of benzene rings is 2. The van der Waals surface area contributed by atoms with Gasteiger partial charge in [0.15, 0.2) is 6.61 Å². The summed E-state index contributed by atoms with van der Waals surface area (Å²) in [5, 5.41) is 5.60. The molecule has 0 saturated heterocycles. The molecule has 0 heterocycles. The van der Waals surface area contributed by atoms with Gasteiger partial charge in [0, 0.05) is 25.2 Å². The van der Waals surface area contributed by atoms with E-state index in [2.05, 4.69) is 10.6 Å². The van der Waals surface area contributed by atoms with Crippen LogP contribution in [0.3, 0.4) is 0 Å². The first-order valence-electron chi connectivity index (χ1n) is 10.3. The van der Waals surface area contributed by atoms with E-state index in [0.29, 0.717) is 17.7 Å². The average Bonchev–Trinajstić information content (AvgIpc) is 2.73. The smallest absolute Gasteiger partial charge is 0.259 e. The maximum atomic E-state index is 12.5. The summed E-state index contributed by atoms with van der Waals surface area (Å²) in [6, 6.07) is 12.6. The number of aryl methyl sites for hydroxylation is 2. The maximum absolute atomic E-state index is 12.5. The van der Waals surface area contributed by atoms with Crippen molar-refractivity contribution in [1.29, 1.82) is 0 Å². The SMILES string of the molecule is CCC(NC(=O)CNC(=O)c1cc(C)cc(C)c1)c1ccccc1OCC(=O)N(C)C. The summed E-state index contributed by atoms with van der Waals surface area (Å²) in [5.74, 6) is -0.199. The molecule has 0 spiro atoms. The largest absolute Gasteiger partial charge is 0.483 e. The molecule has 166 valence electrons. The topological polar surface area (TPSA) is 87.7 Å². The molecule has 0 radical (unpaired) electrons. The Morgan fingerprint density at radius 2 is 1.68 bits per heavy atom. The Bertz CT molecular complexity index is 920. The first kappa shape index (κ1) is 23.9. The van der Waals surface area contributed by atoms with E-state index in [9.17, 15) is 14.4 Å². The van der Waals surface area contributed by atoms with Crippen molar-refractivity contribution in [3.05, 3.63) is 64.7 Å². The fraction of sp³-hybridized carbons (Fsp3) is 0.375. The Morgan fingerprint density at radius 3 is 2.29 bits per heavy atom. The van der Waals surface area contributed by atoms with Crippen molar-refractivity contribution in [3.8, 4) is 5.75 Å². The highest BCUT2D eigenvalue weighted by Crippen LogP contribution is 2.27. The lowest BCUT2D eigenvalue weighted by Gasteiger charge is -2.21. The van der Waals surface area contributed by atoms with Crippen LogP contribution in [0.5, 0.6) is 5.75 Å². The van der Waals surface area contributed by atoms with Gasteiger partial charge >= 0.3 is 0 Å². The van der Waals surface area contributed by atoms with Crippen LogP contribution in [0.15, 0.2) is 42.5 Å². The van der Waals surface area contributed by atoms with Gasteiger partial charge in [0.05, 0.1) is 12.6 Å². The van der Waals surface area contributed by atoms with E-state index in [1.165, 1.54) is 4.90 Å². The molecule has 0 aliphatic heterocycles.